The quantitative estimate of drug-likeness (QED) is 0.197. The summed E-state index contributed by atoms with van der Waals surface area (Å²) in [5.74, 6) is 0.663. The van der Waals surface area contributed by atoms with Crippen LogP contribution in [0.5, 0.6) is 0 Å². The Labute approximate surface area is 272 Å². The molecule has 7 aromatic carbocycles. The van der Waals surface area contributed by atoms with E-state index < -0.39 is 0 Å². The van der Waals surface area contributed by atoms with Gasteiger partial charge in [0.25, 0.3) is 0 Å². The Hall–Kier alpha value is -6.32. The lowest BCUT2D eigenvalue weighted by molar-refractivity contribution is 0.670. The van der Waals surface area contributed by atoms with Gasteiger partial charge in [-0.3, -0.25) is 0 Å². The van der Waals surface area contributed by atoms with Gasteiger partial charge in [-0.05, 0) is 45.3 Å². The van der Waals surface area contributed by atoms with Crippen LogP contribution in [0, 0.1) is 0 Å². The zero-order chi connectivity index (χ0) is 31.3. The Balaban J connectivity index is 1.32. The van der Waals surface area contributed by atoms with Crippen molar-refractivity contribution < 1.29 is 4.42 Å². The molecule has 0 aliphatic carbocycles. The average molecular weight is 601 g/mol. The monoisotopic (exact) mass is 600 g/mol. The number of rotatable bonds is 5. The topological polar surface area (TPSA) is 38.9 Å². The zero-order valence-corrected chi connectivity index (χ0v) is 25.5. The molecule has 0 bridgehead atoms. The number of para-hydroxylation sites is 1. The van der Waals surface area contributed by atoms with E-state index in [1.165, 1.54) is 16.2 Å². The Kier molecular flexibility index (Phi) is 6.29. The predicted octanol–water partition coefficient (Wildman–Crippen LogP) is 12.0. The van der Waals surface area contributed by atoms with Crippen molar-refractivity contribution in [1.29, 1.82) is 0 Å². The Morgan fingerprint density at radius 1 is 0.489 bits per heavy atom. The molecule has 0 N–H and O–H groups in total. The molecule has 0 saturated carbocycles. The van der Waals surface area contributed by atoms with E-state index in [-0.39, 0.29) is 0 Å². The molecule has 2 aromatic heterocycles. The molecule has 0 amide bonds. The van der Waals surface area contributed by atoms with Gasteiger partial charge in [0.1, 0.15) is 11.2 Å². The Morgan fingerprint density at radius 3 is 1.85 bits per heavy atom. The van der Waals surface area contributed by atoms with Gasteiger partial charge in [0.2, 0.25) is 0 Å². The van der Waals surface area contributed by atoms with Gasteiger partial charge >= 0.3 is 0 Å². The summed E-state index contributed by atoms with van der Waals surface area (Å²) in [7, 11) is 0. The second-order valence-electron chi connectivity index (χ2n) is 11.8. The second-order valence-corrected chi connectivity index (χ2v) is 11.8. The van der Waals surface area contributed by atoms with Crippen LogP contribution in [0.2, 0.25) is 0 Å². The molecule has 0 aliphatic heterocycles. The summed E-state index contributed by atoms with van der Waals surface area (Å²) in [5, 5.41) is 6.83. The van der Waals surface area contributed by atoms with Crippen molar-refractivity contribution in [3.05, 3.63) is 164 Å². The molecule has 9 rings (SSSR count). The molecule has 3 heteroatoms. The van der Waals surface area contributed by atoms with Crippen LogP contribution in [0.25, 0.3) is 94.6 Å². The first-order valence-corrected chi connectivity index (χ1v) is 15.8. The number of nitrogens with zero attached hydrogens (tertiary/aromatic N) is 2. The van der Waals surface area contributed by atoms with Gasteiger partial charge in [-0.2, -0.15) is 0 Å². The maximum absolute atomic E-state index is 6.69. The third-order valence-electron chi connectivity index (χ3n) is 9.04. The molecule has 0 fully saturated rings. The summed E-state index contributed by atoms with van der Waals surface area (Å²) in [6.45, 7) is 4.27. The normalized spacial score (nSPS) is 11.5. The Morgan fingerprint density at radius 2 is 1.11 bits per heavy atom. The third-order valence-corrected chi connectivity index (χ3v) is 9.04. The van der Waals surface area contributed by atoms with Crippen molar-refractivity contribution in [2.24, 2.45) is 0 Å². The lowest BCUT2D eigenvalue weighted by Gasteiger charge is -2.15. The fraction of sp³-hybridized carbons (Fsp3) is 0. The van der Waals surface area contributed by atoms with E-state index in [0.717, 1.165) is 72.1 Å². The first kappa shape index (κ1) is 27.0. The summed E-state index contributed by atoms with van der Waals surface area (Å²) in [5.41, 5.74) is 9.35. The minimum absolute atomic E-state index is 0.663. The first-order chi connectivity index (χ1) is 23.2. The number of benzene rings is 7. The summed E-state index contributed by atoms with van der Waals surface area (Å²) in [4.78, 5) is 10.4. The van der Waals surface area contributed by atoms with Crippen LogP contribution < -0.4 is 0 Å². The van der Waals surface area contributed by atoms with Crippen molar-refractivity contribution in [2.75, 3.05) is 0 Å². The van der Waals surface area contributed by atoms with Gasteiger partial charge in [0.05, 0.1) is 11.4 Å². The predicted molar refractivity (Wildman–Crippen MR) is 196 cm³/mol. The number of aromatic nitrogens is 2. The van der Waals surface area contributed by atoms with E-state index in [9.17, 15) is 0 Å². The van der Waals surface area contributed by atoms with Gasteiger partial charge in [-0.25, -0.2) is 9.97 Å². The fourth-order valence-corrected chi connectivity index (χ4v) is 6.77. The van der Waals surface area contributed by atoms with E-state index in [2.05, 4.69) is 128 Å². The molecule has 47 heavy (non-hydrogen) atoms. The van der Waals surface area contributed by atoms with Crippen LogP contribution in [0.3, 0.4) is 0 Å². The van der Waals surface area contributed by atoms with E-state index in [1.54, 1.807) is 0 Å². The highest BCUT2D eigenvalue weighted by Crippen LogP contribution is 2.43. The van der Waals surface area contributed by atoms with Crippen LogP contribution in [-0.4, -0.2) is 9.97 Å². The fourth-order valence-electron chi connectivity index (χ4n) is 6.77. The third kappa shape index (κ3) is 4.52. The van der Waals surface area contributed by atoms with Crippen molar-refractivity contribution in [3.63, 3.8) is 0 Å². The largest absolute Gasteiger partial charge is 0.455 e. The highest BCUT2D eigenvalue weighted by atomic mass is 16.3. The van der Waals surface area contributed by atoms with Gasteiger partial charge in [0.15, 0.2) is 5.82 Å². The van der Waals surface area contributed by atoms with E-state index in [4.69, 9.17) is 14.4 Å². The number of hydrogen-bond acceptors (Lipinski definition) is 3. The lowest BCUT2D eigenvalue weighted by atomic mass is 9.94. The molecule has 9 aromatic rings. The molecule has 0 saturated heterocycles. The van der Waals surface area contributed by atoms with Gasteiger partial charge in [-0.1, -0.05) is 146 Å². The van der Waals surface area contributed by atoms with Crippen LogP contribution >= 0.6 is 0 Å². The number of hydrogen-bond donors (Lipinski definition) is 0. The zero-order valence-electron chi connectivity index (χ0n) is 25.5. The second kappa shape index (κ2) is 10.9. The molecule has 2 heterocycles. The van der Waals surface area contributed by atoms with Gasteiger partial charge in [-0.15, -0.1) is 0 Å². The summed E-state index contributed by atoms with van der Waals surface area (Å²) >= 11 is 0. The van der Waals surface area contributed by atoms with E-state index >= 15 is 0 Å². The van der Waals surface area contributed by atoms with E-state index in [0.29, 0.717) is 5.82 Å². The molecule has 0 unspecified atom stereocenters. The summed E-state index contributed by atoms with van der Waals surface area (Å²) in [6.07, 6.45) is 1.89. The molecule has 220 valence electrons. The van der Waals surface area contributed by atoms with Crippen molar-refractivity contribution in [1.82, 2.24) is 9.97 Å². The molecule has 3 nitrogen and oxygen atoms in total. The average Bonchev–Trinajstić information content (AvgIpc) is 3.53. The lowest BCUT2D eigenvalue weighted by Crippen LogP contribution is -2.00. The van der Waals surface area contributed by atoms with Crippen molar-refractivity contribution >= 4 is 49.6 Å². The SMILES string of the molecule is C=Cc1c(-c2ccc3ccccc3c2)nc(-c2ccccc2)nc1-c1cccc2oc3c(-c4ccc5ccccc5c4)cccc3c12. The van der Waals surface area contributed by atoms with Crippen LogP contribution in [0.1, 0.15) is 5.56 Å². The first-order valence-electron chi connectivity index (χ1n) is 15.8. The molecular weight excluding hydrogens is 572 g/mol. The minimum atomic E-state index is 0.663. The van der Waals surface area contributed by atoms with Gasteiger partial charge in [0, 0.05) is 38.6 Å². The summed E-state index contributed by atoms with van der Waals surface area (Å²) < 4.78 is 6.69. The van der Waals surface area contributed by atoms with Crippen LogP contribution in [0.4, 0.5) is 0 Å². The van der Waals surface area contributed by atoms with Crippen molar-refractivity contribution in [3.8, 4) is 45.0 Å². The van der Waals surface area contributed by atoms with Gasteiger partial charge < -0.3 is 4.42 Å². The van der Waals surface area contributed by atoms with Crippen LogP contribution in [-0.2, 0) is 0 Å². The molecule has 0 atom stereocenters. The maximum Gasteiger partial charge on any atom is 0.160 e. The van der Waals surface area contributed by atoms with Crippen LogP contribution in [0.15, 0.2) is 163 Å². The maximum atomic E-state index is 6.69. The number of fused-ring (bicyclic) bond motifs is 5. The smallest absolute Gasteiger partial charge is 0.160 e. The highest BCUT2D eigenvalue weighted by molar-refractivity contribution is 6.16. The molecule has 0 radical (unpaired) electrons. The molecule has 0 spiro atoms. The number of furan rings is 1. The minimum Gasteiger partial charge on any atom is -0.455 e. The van der Waals surface area contributed by atoms with Crippen molar-refractivity contribution in [2.45, 2.75) is 0 Å². The molecular formula is C44H28N2O. The summed E-state index contributed by atoms with van der Waals surface area (Å²) in [6, 6.07) is 52.7. The molecule has 0 aliphatic rings. The highest BCUT2D eigenvalue weighted by Gasteiger charge is 2.22. The van der Waals surface area contributed by atoms with E-state index in [1.807, 2.05) is 36.4 Å². The Bertz CT molecular complexity index is 2650. The standard InChI is InChI=1S/C44H28N2O/c1-2-35-41(34-25-23-29-13-7-9-17-32(29)27-34)45-44(30-14-4-3-5-15-30)46-42(35)37-19-11-21-39-40(37)38-20-10-18-36(43(38)47-39)33-24-22-28-12-6-8-16-31(28)26-33/h2-27H,1H2.